The van der Waals surface area contributed by atoms with Crippen LogP contribution in [0.3, 0.4) is 0 Å². The lowest BCUT2D eigenvalue weighted by atomic mass is 10.1. The molecule has 0 unspecified atom stereocenters. The number of nitrogens with zero attached hydrogens (tertiary/aromatic N) is 3. The second-order valence-electron chi connectivity index (χ2n) is 5.70. The molecule has 24 heavy (non-hydrogen) atoms. The molecule has 7 nitrogen and oxygen atoms in total. The highest BCUT2D eigenvalue weighted by atomic mass is 32.1. The van der Waals surface area contributed by atoms with Gasteiger partial charge in [0.05, 0.1) is 18.7 Å². The van der Waals surface area contributed by atoms with Gasteiger partial charge in [-0.05, 0) is 31.5 Å². The Morgan fingerprint density at radius 3 is 2.83 bits per heavy atom. The highest BCUT2D eigenvalue weighted by Crippen LogP contribution is 2.34. The molecule has 1 aliphatic heterocycles. The maximum absolute atomic E-state index is 12.4. The number of benzene rings is 1. The Balaban J connectivity index is 1.76. The molecule has 1 aromatic heterocycles. The van der Waals surface area contributed by atoms with Crippen molar-refractivity contribution in [1.29, 1.82) is 0 Å². The molecular weight excluding hydrogens is 328 g/mol. The monoisotopic (exact) mass is 346 g/mol. The van der Waals surface area contributed by atoms with E-state index >= 15 is 0 Å². The Labute approximate surface area is 143 Å². The molecule has 0 radical (unpaired) electrons. The normalized spacial score (nSPS) is 17.2. The molecule has 0 aliphatic carbocycles. The van der Waals surface area contributed by atoms with E-state index in [1.165, 1.54) is 11.3 Å². The van der Waals surface area contributed by atoms with E-state index in [-0.39, 0.29) is 18.2 Å². The predicted octanol–water partition coefficient (Wildman–Crippen LogP) is 2.16. The molecule has 1 aromatic carbocycles. The van der Waals surface area contributed by atoms with Crippen LogP contribution in [0.25, 0.3) is 0 Å². The van der Waals surface area contributed by atoms with Crippen LogP contribution < -0.4 is 15.0 Å². The summed E-state index contributed by atoms with van der Waals surface area (Å²) in [7, 11) is 1.57. The summed E-state index contributed by atoms with van der Waals surface area (Å²) in [5.41, 5.74) is 1.72. The predicted molar refractivity (Wildman–Crippen MR) is 91.5 cm³/mol. The van der Waals surface area contributed by atoms with Crippen molar-refractivity contribution in [3.05, 3.63) is 28.8 Å². The minimum Gasteiger partial charge on any atom is -0.495 e. The van der Waals surface area contributed by atoms with Crippen molar-refractivity contribution in [3.8, 4) is 5.75 Å². The highest BCUT2D eigenvalue weighted by Gasteiger charge is 2.36. The fourth-order valence-electron chi connectivity index (χ4n) is 2.68. The minimum absolute atomic E-state index is 0.0903. The van der Waals surface area contributed by atoms with Crippen molar-refractivity contribution in [2.45, 2.75) is 20.3 Å². The van der Waals surface area contributed by atoms with E-state index in [2.05, 4.69) is 15.5 Å². The molecule has 126 valence electrons. The molecule has 8 heteroatoms. The molecule has 1 aliphatic rings. The summed E-state index contributed by atoms with van der Waals surface area (Å²) in [6, 6.07) is 5.64. The molecule has 1 saturated heterocycles. The van der Waals surface area contributed by atoms with Gasteiger partial charge in [0.15, 0.2) is 0 Å². The van der Waals surface area contributed by atoms with Crippen molar-refractivity contribution >= 4 is 34.0 Å². The Morgan fingerprint density at radius 2 is 2.17 bits per heavy atom. The third kappa shape index (κ3) is 3.23. The van der Waals surface area contributed by atoms with Crippen molar-refractivity contribution < 1.29 is 14.3 Å². The average Bonchev–Trinajstić information content (AvgIpc) is 3.13. The zero-order chi connectivity index (χ0) is 17.3. The van der Waals surface area contributed by atoms with Crippen LogP contribution >= 0.6 is 11.3 Å². The van der Waals surface area contributed by atoms with Crippen molar-refractivity contribution in [3.63, 3.8) is 0 Å². The Hall–Kier alpha value is -2.48. The van der Waals surface area contributed by atoms with Crippen LogP contribution in [0.5, 0.6) is 5.75 Å². The van der Waals surface area contributed by atoms with Gasteiger partial charge in [0.25, 0.3) is 0 Å². The molecular formula is C16H18N4O3S. The standard InChI is InChI=1S/C16H18N4O3S/c1-9-4-5-13(23-3)12(6-9)20-8-11(7-14(20)21)15(22)17-16-19-18-10(2)24-16/h4-6,11H,7-8H2,1-3H3,(H,17,19,22)/t11-/m0/s1. The number of hydrogen-bond acceptors (Lipinski definition) is 6. The maximum Gasteiger partial charge on any atom is 0.231 e. The summed E-state index contributed by atoms with van der Waals surface area (Å²) in [6.45, 7) is 4.09. The second-order valence-corrected chi connectivity index (χ2v) is 6.88. The number of hydrogen-bond donors (Lipinski definition) is 1. The molecule has 3 rings (SSSR count). The molecule has 0 bridgehead atoms. The first kappa shape index (κ1) is 16.4. The number of amides is 2. The van der Waals surface area contributed by atoms with Crippen molar-refractivity contribution in [2.75, 3.05) is 23.9 Å². The summed E-state index contributed by atoms with van der Waals surface area (Å²) in [5, 5.41) is 11.7. The van der Waals surface area contributed by atoms with Crippen LogP contribution in [0, 0.1) is 19.8 Å². The summed E-state index contributed by atoms with van der Waals surface area (Å²) < 4.78 is 5.34. The summed E-state index contributed by atoms with van der Waals surface area (Å²) in [5.74, 6) is -0.109. The van der Waals surface area contributed by atoms with Gasteiger partial charge in [0, 0.05) is 13.0 Å². The molecule has 2 amide bonds. The first-order valence-corrected chi connectivity index (χ1v) is 8.35. The molecule has 0 saturated carbocycles. The summed E-state index contributed by atoms with van der Waals surface area (Å²) in [6.07, 6.45) is 0.167. The number of ether oxygens (including phenoxy) is 1. The van der Waals surface area contributed by atoms with Gasteiger partial charge in [0.1, 0.15) is 10.8 Å². The van der Waals surface area contributed by atoms with Crippen LogP contribution in [0.15, 0.2) is 18.2 Å². The second kappa shape index (κ2) is 6.56. The van der Waals surface area contributed by atoms with Gasteiger partial charge >= 0.3 is 0 Å². The number of aryl methyl sites for hydroxylation is 2. The van der Waals surface area contributed by atoms with Gasteiger partial charge in [-0.3, -0.25) is 9.59 Å². The minimum atomic E-state index is -0.424. The van der Waals surface area contributed by atoms with E-state index in [9.17, 15) is 9.59 Å². The molecule has 1 N–H and O–H groups in total. The largest absolute Gasteiger partial charge is 0.495 e. The third-order valence-corrected chi connectivity index (χ3v) is 4.63. The van der Waals surface area contributed by atoms with Crippen molar-refractivity contribution in [2.24, 2.45) is 5.92 Å². The van der Waals surface area contributed by atoms with E-state index in [1.807, 2.05) is 32.0 Å². The van der Waals surface area contributed by atoms with Crippen LogP contribution in [0.2, 0.25) is 0 Å². The number of aromatic nitrogens is 2. The van der Waals surface area contributed by atoms with Gasteiger partial charge < -0.3 is 15.0 Å². The van der Waals surface area contributed by atoms with Crippen LogP contribution in [-0.2, 0) is 9.59 Å². The number of methoxy groups -OCH3 is 1. The zero-order valence-corrected chi connectivity index (χ0v) is 14.5. The highest BCUT2D eigenvalue weighted by molar-refractivity contribution is 7.15. The fraction of sp³-hybridized carbons (Fsp3) is 0.375. The Morgan fingerprint density at radius 1 is 1.38 bits per heavy atom. The van der Waals surface area contributed by atoms with Gasteiger partial charge in [-0.25, -0.2) is 0 Å². The lowest BCUT2D eigenvalue weighted by Gasteiger charge is -2.20. The Bertz CT molecular complexity index is 789. The maximum atomic E-state index is 12.4. The first-order valence-electron chi connectivity index (χ1n) is 7.54. The Kier molecular flexibility index (Phi) is 4.48. The molecule has 2 heterocycles. The SMILES string of the molecule is COc1ccc(C)cc1N1C[C@@H](C(=O)Nc2nnc(C)s2)CC1=O. The average molecular weight is 346 g/mol. The number of anilines is 2. The molecule has 1 fully saturated rings. The lowest BCUT2D eigenvalue weighted by molar-refractivity contribution is -0.122. The third-order valence-electron chi connectivity index (χ3n) is 3.88. The van der Waals surface area contributed by atoms with Crippen molar-refractivity contribution in [1.82, 2.24) is 10.2 Å². The number of carbonyl (C=O) groups is 2. The summed E-state index contributed by atoms with van der Waals surface area (Å²) >= 11 is 1.31. The van der Waals surface area contributed by atoms with Crippen LogP contribution in [0.4, 0.5) is 10.8 Å². The fourth-order valence-corrected chi connectivity index (χ4v) is 3.28. The quantitative estimate of drug-likeness (QED) is 0.917. The van der Waals surface area contributed by atoms with Gasteiger partial charge in [-0.2, -0.15) is 0 Å². The summed E-state index contributed by atoms with van der Waals surface area (Å²) in [4.78, 5) is 26.4. The smallest absolute Gasteiger partial charge is 0.231 e. The van der Waals surface area contributed by atoms with Gasteiger partial charge in [-0.1, -0.05) is 17.4 Å². The molecule has 2 aromatic rings. The number of rotatable bonds is 4. The van der Waals surface area contributed by atoms with Crippen LogP contribution in [-0.4, -0.2) is 35.7 Å². The molecule has 0 spiro atoms. The number of nitrogens with one attached hydrogen (secondary N) is 1. The lowest BCUT2D eigenvalue weighted by Crippen LogP contribution is -2.28. The van der Waals surface area contributed by atoms with Gasteiger partial charge in [-0.15, -0.1) is 10.2 Å². The van der Waals surface area contributed by atoms with E-state index in [1.54, 1.807) is 12.0 Å². The zero-order valence-electron chi connectivity index (χ0n) is 13.7. The van der Waals surface area contributed by atoms with Gasteiger partial charge in [0.2, 0.25) is 16.9 Å². The van der Waals surface area contributed by atoms with E-state index in [0.717, 1.165) is 10.6 Å². The molecule has 1 atom stereocenters. The first-order chi connectivity index (χ1) is 11.5. The number of carbonyl (C=O) groups excluding carboxylic acids is 2. The van der Waals surface area contributed by atoms with E-state index in [0.29, 0.717) is 23.1 Å². The van der Waals surface area contributed by atoms with Crippen LogP contribution in [0.1, 0.15) is 17.0 Å². The topological polar surface area (TPSA) is 84.4 Å². The van der Waals surface area contributed by atoms with E-state index in [4.69, 9.17) is 4.74 Å². The van der Waals surface area contributed by atoms with E-state index < -0.39 is 5.92 Å².